The van der Waals surface area contributed by atoms with Crippen molar-refractivity contribution in [2.45, 2.75) is 64.2 Å². The van der Waals surface area contributed by atoms with Crippen LogP contribution < -0.4 is 9.47 Å². The van der Waals surface area contributed by atoms with Crippen molar-refractivity contribution in [1.29, 1.82) is 0 Å². The molecule has 2 saturated carbocycles. The Morgan fingerprint density at radius 3 is 1.19 bits per heavy atom. The minimum absolute atomic E-state index is 0.552. The molecule has 2 fully saturated rings. The summed E-state index contributed by atoms with van der Waals surface area (Å²) in [6.07, 6.45) is 13.4. The first-order chi connectivity index (χ1) is 17.9. The van der Waals surface area contributed by atoms with Crippen molar-refractivity contribution in [3.63, 3.8) is 0 Å². The summed E-state index contributed by atoms with van der Waals surface area (Å²) in [4.78, 5) is 0. The van der Waals surface area contributed by atoms with Crippen LogP contribution in [0.15, 0.2) is 48.5 Å². The van der Waals surface area contributed by atoms with E-state index < -0.39 is 0 Å². The molecule has 0 amide bonds. The third-order valence-electron chi connectivity index (χ3n) is 7.94. The first kappa shape index (κ1) is 25.4. The van der Waals surface area contributed by atoms with Crippen LogP contribution in [0, 0.1) is 11.8 Å². The minimum Gasteiger partial charge on any atom is -0.490 e. The van der Waals surface area contributed by atoms with Gasteiger partial charge in [0.2, 0.25) is 0 Å². The van der Waals surface area contributed by atoms with Crippen LogP contribution in [0.4, 0.5) is 0 Å². The van der Waals surface area contributed by atoms with E-state index in [1.807, 2.05) is 0 Å². The molecule has 0 radical (unpaired) electrons. The average Bonchev–Trinajstić information content (AvgIpc) is 2.94. The van der Waals surface area contributed by atoms with E-state index in [0.29, 0.717) is 26.4 Å². The average molecular weight is 491 g/mol. The van der Waals surface area contributed by atoms with Gasteiger partial charge >= 0.3 is 0 Å². The van der Waals surface area contributed by atoms with E-state index in [2.05, 4.69) is 48.5 Å². The van der Waals surface area contributed by atoms with Crippen LogP contribution in [0.5, 0.6) is 11.5 Å². The van der Waals surface area contributed by atoms with E-state index in [4.69, 9.17) is 18.9 Å². The molecule has 2 aliphatic carbocycles. The van der Waals surface area contributed by atoms with E-state index in [1.165, 1.54) is 64.2 Å². The molecule has 0 heterocycles. The number of ether oxygens (including phenoxy) is 4. The van der Waals surface area contributed by atoms with Crippen molar-refractivity contribution in [1.82, 2.24) is 0 Å². The first-order valence-corrected chi connectivity index (χ1v) is 14.2. The molecule has 3 aromatic rings. The topological polar surface area (TPSA) is 36.9 Å². The second-order valence-corrected chi connectivity index (χ2v) is 10.6. The fourth-order valence-corrected chi connectivity index (χ4v) is 5.97. The maximum atomic E-state index is 6.38. The predicted molar refractivity (Wildman–Crippen MR) is 147 cm³/mol. The van der Waals surface area contributed by atoms with Crippen molar-refractivity contribution >= 4 is 21.5 Å². The minimum atomic E-state index is 0.552. The second kappa shape index (κ2) is 13.3. The summed E-state index contributed by atoms with van der Waals surface area (Å²) in [5.41, 5.74) is 0. The standard InChI is InChI=1S/C32H42O4/c1-3-11-25(12-4-1)23-33-19-21-35-31-27-15-7-9-17-29(27)32(30-18-10-8-16-28(30)31)36-22-20-34-24-26-13-5-2-6-14-26/h7-10,15-18,25-26H,1-6,11-14,19-24H2. The Labute approximate surface area is 216 Å². The van der Waals surface area contributed by atoms with Crippen LogP contribution in [0.2, 0.25) is 0 Å². The Hall–Kier alpha value is -2.30. The number of rotatable bonds is 12. The third-order valence-corrected chi connectivity index (χ3v) is 7.94. The molecule has 36 heavy (non-hydrogen) atoms. The molecule has 0 N–H and O–H groups in total. The third kappa shape index (κ3) is 6.52. The molecule has 0 bridgehead atoms. The van der Waals surface area contributed by atoms with Gasteiger partial charge in [0.1, 0.15) is 24.7 Å². The van der Waals surface area contributed by atoms with Crippen LogP contribution in [0.25, 0.3) is 21.5 Å². The number of benzene rings is 3. The summed E-state index contributed by atoms with van der Waals surface area (Å²) >= 11 is 0. The largest absolute Gasteiger partial charge is 0.490 e. The van der Waals surface area contributed by atoms with Crippen LogP contribution >= 0.6 is 0 Å². The molecular formula is C32H42O4. The number of fused-ring (bicyclic) bond motifs is 2. The van der Waals surface area contributed by atoms with E-state index in [9.17, 15) is 0 Å². The van der Waals surface area contributed by atoms with Gasteiger partial charge in [-0.1, -0.05) is 87.1 Å². The zero-order chi connectivity index (χ0) is 24.4. The molecule has 2 aliphatic rings. The number of hydrogen-bond acceptors (Lipinski definition) is 4. The van der Waals surface area contributed by atoms with Gasteiger partial charge in [-0.25, -0.2) is 0 Å². The summed E-state index contributed by atoms with van der Waals surface area (Å²) in [5, 5.41) is 4.34. The molecule has 0 saturated heterocycles. The normalized spacial score (nSPS) is 17.6. The van der Waals surface area contributed by atoms with Crippen LogP contribution in [-0.2, 0) is 9.47 Å². The van der Waals surface area contributed by atoms with Crippen molar-refractivity contribution in [2.75, 3.05) is 39.6 Å². The maximum Gasteiger partial charge on any atom is 0.135 e. The molecule has 194 valence electrons. The Morgan fingerprint density at radius 2 is 0.833 bits per heavy atom. The summed E-state index contributed by atoms with van der Waals surface area (Å²) < 4.78 is 24.8. The van der Waals surface area contributed by atoms with Crippen LogP contribution in [-0.4, -0.2) is 39.6 Å². The van der Waals surface area contributed by atoms with Crippen LogP contribution in [0.3, 0.4) is 0 Å². The van der Waals surface area contributed by atoms with Gasteiger partial charge in [-0.15, -0.1) is 0 Å². The summed E-state index contributed by atoms with van der Waals surface area (Å²) in [6.45, 7) is 4.07. The highest BCUT2D eigenvalue weighted by atomic mass is 16.5. The first-order valence-electron chi connectivity index (χ1n) is 14.2. The molecule has 0 aliphatic heterocycles. The van der Waals surface area contributed by atoms with E-state index >= 15 is 0 Å². The maximum absolute atomic E-state index is 6.38. The van der Waals surface area contributed by atoms with Gasteiger partial charge < -0.3 is 18.9 Å². The zero-order valence-electron chi connectivity index (χ0n) is 21.7. The van der Waals surface area contributed by atoms with Gasteiger partial charge in [-0.05, 0) is 37.5 Å². The molecule has 0 spiro atoms. The fraction of sp³-hybridized carbons (Fsp3) is 0.562. The molecule has 3 aromatic carbocycles. The SMILES string of the molecule is c1ccc2c(OCCOCC3CCCCC3)c3ccccc3c(OCCOCC3CCCCC3)c2c1. The molecule has 0 unspecified atom stereocenters. The highest BCUT2D eigenvalue weighted by molar-refractivity contribution is 6.11. The van der Waals surface area contributed by atoms with Crippen molar-refractivity contribution in [3.8, 4) is 11.5 Å². The lowest BCUT2D eigenvalue weighted by atomic mass is 9.90. The van der Waals surface area contributed by atoms with Gasteiger partial charge in [0.25, 0.3) is 0 Å². The zero-order valence-corrected chi connectivity index (χ0v) is 21.7. The van der Waals surface area contributed by atoms with Crippen LogP contribution in [0.1, 0.15) is 64.2 Å². The van der Waals surface area contributed by atoms with E-state index in [-0.39, 0.29) is 0 Å². The van der Waals surface area contributed by atoms with Crippen molar-refractivity contribution in [3.05, 3.63) is 48.5 Å². The van der Waals surface area contributed by atoms with E-state index in [1.54, 1.807) is 0 Å². The molecule has 5 rings (SSSR count). The Bertz CT molecular complexity index is 939. The number of hydrogen-bond donors (Lipinski definition) is 0. The quantitative estimate of drug-likeness (QED) is 0.191. The van der Waals surface area contributed by atoms with Gasteiger partial charge in [0.05, 0.1) is 13.2 Å². The lowest BCUT2D eigenvalue weighted by Crippen LogP contribution is -2.16. The smallest absolute Gasteiger partial charge is 0.135 e. The lowest BCUT2D eigenvalue weighted by Gasteiger charge is -2.22. The monoisotopic (exact) mass is 490 g/mol. The Morgan fingerprint density at radius 1 is 0.472 bits per heavy atom. The summed E-state index contributed by atoms with van der Waals surface area (Å²) in [7, 11) is 0. The fourth-order valence-electron chi connectivity index (χ4n) is 5.97. The highest BCUT2D eigenvalue weighted by Crippen LogP contribution is 2.42. The predicted octanol–water partition coefficient (Wildman–Crippen LogP) is 7.94. The van der Waals surface area contributed by atoms with Gasteiger partial charge in [0, 0.05) is 34.8 Å². The summed E-state index contributed by atoms with van der Waals surface area (Å²) in [5.74, 6) is 3.29. The van der Waals surface area contributed by atoms with E-state index in [0.717, 1.165) is 58.1 Å². The molecule has 4 nitrogen and oxygen atoms in total. The Balaban J connectivity index is 1.23. The van der Waals surface area contributed by atoms with Crippen molar-refractivity contribution < 1.29 is 18.9 Å². The molecule has 4 heteroatoms. The highest BCUT2D eigenvalue weighted by Gasteiger charge is 2.17. The summed E-state index contributed by atoms with van der Waals surface area (Å²) in [6, 6.07) is 16.8. The van der Waals surface area contributed by atoms with Gasteiger partial charge in [0.15, 0.2) is 0 Å². The van der Waals surface area contributed by atoms with Gasteiger partial charge in [-0.2, -0.15) is 0 Å². The van der Waals surface area contributed by atoms with Gasteiger partial charge in [-0.3, -0.25) is 0 Å². The lowest BCUT2D eigenvalue weighted by molar-refractivity contribution is 0.0637. The van der Waals surface area contributed by atoms with Crippen molar-refractivity contribution in [2.24, 2.45) is 11.8 Å². The molecular weight excluding hydrogens is 448 g/mol. The molecule has 0 aromatic heterocycles. The Kier molecular flexibility index (Phi) is 9.37. The second-order valence-electron chi connectivity index (χ2n) is 10.6. The molecule has 0 atom stereocenters.